The number of carbonyl (C=O) groups excluding carboxylic acids is 1. The zero-order valence-electron chi connectivity index (χ0n) is 10.5. The summed E-state index contributed by atoms with van der Waals surface area (Å²) in [5.41, 5.74) is 2.54. The summed E-state index contributed by atoms with van der Waals surface area (Å²) in [7, 11) is 0. The summed E-state index contributed by atoms with van der Waals surface area (Å²) >= 11 is 5.91. The number of allylic oxidation sites excluding steroid dienone is 1. The summed E-state index contributed by atoms with van der Waals surface area (Å²) in [6.07, 6.45) is 1.53. The van der Waals surface area contributed by atoms with E-state index in [2.05, 4.69) is 16.9 Å². The fourth-order valence-corrected chi connectivity index (χ4v) is 1.82. The van der Waals surface area contributed by atoms with Crippen LogP contribution in [0.2, 0.25) is 5.02 Å². The summed E-state index contributed by atoms with van der Waals surface area (Å²) in [5, 5.41) is 3.27. The smallest absolute Gasteiger partial charge is 0.255 e. The molecule has 1 aromatic heterocycles. The zero-order valence-corrected chi connectivity index (χ0v) is 11.2. The fraction of sp³-hybridized carbons (Fsp3) is 0.0667. The van der Waals surface area contributed by atoms with Crippen molar-refractivity contribution in [1.29, 1.82) is 0 Å². The largest absolute Gasteiger partial charge is 0.320 e. The summed E-state index contributed by atoms with van der Waals surface area (Å²) in [6.45, 7) is 5.67. The van der Waals surface area contributed by atoms with Crippen LogP contribution in [-0.4, -0.2) is 10.9 Å². The van der Waals surface area contributed by atoms with Crippen molar-refractivity contribution in [2.45, 2.75) is 6.92 Å². The third-order valence-corrected chi connectivity index (χ3v) is 2.75. The molecule has 1 N–H and O–H groups in total. The predicted octanol–water partition coefficient (Wildman–Crippen LogP) is 4.02. The molecule has 0 fully saturated rings. The molecule has 0 saturated heterocycles. The number of aromatic nitrogens is 1. The summed E-state index contributed by atoms with van der Waals surface area (Å²) in [5.74, 6) is -0.202. The molecule has 0 aliphatic carbocycles. The number of halogens is 1. The van der Waals surface area contributed by atoms with Crippen LogP contribution < -0.4 is 5.32 Å². The number of nitrogens with zero attached hydrogens (tertiary/aromatic N) is 1. The molecule has 1 aromatic carbocycles. The van der Waals surface area contributed by atoms with E-state index in [-0.39, 0.29) is 5.91 Å². The van der Waals surface area contributed by atoms with Gasteiger partial charge in [-0.05, 0) is 30.7 Å². The lowest BCUT2D eigenvalue weighted by Gasteiger charge is -2.10. The lowest BCUT2D eigenvalue weighted by atomic mass is 10.1. The Balaban J connectivity index is 2.31. The van der Waals surface area contributed by atoms with E-state index in [9.17, 15) is 4.79 Å². The minimum atomic E-state index is -0.202. The van der Waals surface area contributed by atoms with Gasteiger partial charge >= 0.3 is 0 Å². The molecule has 1 heterocycles. The van der Waals surface area contributed by atoms with E-state index in [1.807, 2.05) is 25.1 Å². The van der Waals surface area contributed by atoms with Gasteiger partial charge in [-0.25, -0.2) is 0 Å². The highest BCUT2D eigenvalue weighted by Gasteiger charge is 2.11. The Morgan fingerprint density at radius 1 is 1.32 bits per heavy atom. The number of hydrogen-bond acceptors (Lipinski definition) is 2. The van der Waals surface area contributed by atoms with Gasteiger partial charge in [0.2, 0.25) is 0 Å². The lowest BCUT2D eigenvalue weighted by Crippen LogP contribution is -2.13. The quantitative estimate of drug-likeness (QED) is 0.917. The van der Waals surface area contributed by atoms with Gasteiger partial charge in [0.15, 0.2) is 0 Å². The fourth-order valence-electron chi connectivity index (χ4n) is 1.66. The Labute approximate surface area is 116 Å². The molecule has 0 radical (unpaired) electrons. The molecule has 0 saturated carbocycles. The summed E-state index contributed by atoms with van der Waals surface area (Å²) < 4.78 is 0. The van der Waals surface area contributed by atoms with Gasteiger partial charge in [0.1, 0.15) is 0 Å². The first-order valence-electron chi connectivity index (χ1n) is 5.76. The number of amides is 1. The second-order valence-electron chi connectivity index (χ2n) is 4.15. The molecule has 0 aliphatic heterocycles. The third-order valence-electron chi connectivity index (χ3n) is 2.54. The highest BCUT2D eigenvalue weighted by molar-refractivity contribution is 6.30. The maximum Gasteiger partial charge on any atom is 0.255 e. The number of nitrogens with one attached hydrogen (secondary N) is 1. The topological polar surface area (TPSA) is 42.0 Å². The van der Waals surface area contributed by atoms with Crippen molar-refractivity contribution >= 4 is 28.8 Å². The second kappa shape index (κ2) is 5.67. The maximum absolute atomic E-state index is 12.1. The maximum atomic E-state index is 12.1. The number of anilines is 1. The van der Waals surface area contributed by atoms with Crippen LogP contribution in [0.25, 0.3) is 5.57 Å². The molecule has 0 unspecified atom stereocenters. The highest BCUT2D eigenvalue weighted by atomic mass is 35.5. The monoisotopic (exact) mass is 272 g/mol. The Morgan fingerprint density at radius 2 is 2.00 bits per heavy atom. The van der Waals surface area contributed by atoms with Crippen LogP contribution in [0, 0.1) is 0 Å². The van der Waals surface area contributed by atoms with Crippen LogP contribution in [0.3, 0.4) is 0 Å². The molecule has 1 amide bonds. The first-order chi connectivity index (χ1) is 9.08. The average molecular weight is 273 g/mol. The van der Waals surface area contributed by atoms with Gasteiger partial charge in [0, 0.05) is 11.8 Å². The van der Waals surface area contributed by atoms with Crippen LogP contribution in [0.4, 0.5) is 5.69 Å². The Hall–Kier alpha value is -2.13. The molecule has 0 spiro atoms. The van der Waals surface area contributed by atoms with Gasteiger partial charge in [0.25, 0.3) is 5.91 Å². The van der Waals surface area contributed by atoms with Crippen molar-refractivity contribution in [2.75, 3.05) is 5.32 Å². The minimum absolute atomic E-state index is 0.202. The molecule has 2 aromatic rings. The third kappa shape index (κ3) is 3.20. The standard InChI is InChI=1S/C15H13ClN2O/c1-10(2)14-13(8-12(16)9-17-14)18-15(19)11-6-4-3-5-7-11/h3-9H,1H2,2H3,(H,18,19). The predicted molar refractivity (Wildman–Crippen MR) is 78.4 cm³/mol. The van der Waals surface area contributed by atoms with Gasteiger partial charge in [-0.15, -0.1) is 0 Å². The zero-order chi connectivity index (χ0) is 13.8. The number of benzene rings is 1. The first kappa shape index (κ1) is 13.3. The molecular weight excluding hydrogens is 260 g/mol. The number of carbonyl (C=O) groups is 1. The minimum Gasteiger partial charge on any atom is -0.320 e. The van der Waals surface area contributed by atoms with Gasteiger partial charge in [0.05, 0.1) is 16.4 Å². The molecule has 2 rings (SSSR count). The molecule has 3 nitrogen and oxygen atoms in total. The van der Waals surface area contributed by atoms with Crippen molar-refractivity contribution in [3.8, 4) is 0 Å². The van der Waals surface area contributed by atoms with E-state index in [4.69, 9.17) is 11.6 Å². The molecule has 0 aliphatic rings. The van der Waals surface area contributed by atoms with Gasteiger partial charge in [-0.2, -0.15) is 0 Å². The first-order valence-corrected chi connectivity index (χ1v) is 6.13. The van der Waals surface area contributed by atoms with Crippen molar-refractivity contribution in [3.63, 3.8) is 0 Å². The van der Waals surface area contributed by atoms with Crippen LogP contribution in [0.15, 0.2) is 49.2 Å². The number of hydrogen-bond donors (Lipinski definition) is 1. The van der Waals surface area contributed by atoms with Crippen LogP contribution in [0.5, 0.6) is 0 Å². The van der Waals surface area contributed by atoms with Gasteiger partial charge in [-0.3, -0.25) is 9.78 Å². The molecule has 4 heteroatoms. The number of rotatable bonds is 3. The van der Waals surface area contributed by atoms with E-state index in [0.717, 1.165) is 5.57 Å². The second-order valence-corrected chi connectivity index (χ2v) is 4.59. The molecule has 19 heavy (non-hydrogen) atoms. The summed E-state index contributed by atoms with van der Waals surface area (Å²) in [6, 6.07) is 10.6. The summed E-state index contributed by atoms with van der Waals surface area (Å²) in [4.78, 5) is 16.3. The van der Waals surface area contributed by atoms with E-state index in [0.29, 0.717) is 22.0 Å². The van der Waals surface area contributed by atoms with Crippen LogP contribution in [-0.2, 0) is 0 Å². The Bertz CT molecular complexity index is 623. The lowest BCUT2D eigenvalue weighted by molar-refractivity contribution is 0.102. The van der Waals surface area contributed by atoms with Crippen LogP contribution in [0.1, 0.15) is 23.0 Å². The van der Waals surface area contributed by atoms with Crippen molar-refractivity contribution < 1.29 is 4.79 Å². The van der Waals surface area contributed by atoms with E-state index in [1.165, 1.54) is 6.20 Å². The molecular formula is C15H13ClN2O. The van der Waals surface area contributed by atoms with Crippen molar-refractivity contribution in [3.05, 3.63) is 65.5 Å². The molecule has 96 valence electrons. The van der Waals surface area contributed by atoms with Gasteiger partial charge in [-0.1, -0.05) is 36.4 Å². The van der Waals surface area contributed by atoms with Crippen LogP contribution >= 0.6 is 11.6 Å². The molecule has 0 atom stereocenters. The number of pyridine rings is 1. The van der Waals surface area contributed by atoms with Crippen molar-refractivity contribution in [1.82, 2.24) is 4.98 Å². The highest BCUT2D eigenvalue weighted by Crippen LogP contribution is 2.24. The van der Waals surface area contributed by atoms with Gasteiger partial charge < -0.3 is 5.32 Å². The normalized spacial score (nSPS) is 10.0. The van der Waals surface area contributed by atoms with E-state index in [1.54, 1.807) is 18.2 Å². The average Bonchev–Trinajstić information content (AvgIpc) is 2.39. The van der Waals surface area contributed by atoms with E-state index >= 15 is 0 Å². The Morgan fingerprint density at radius 3 is 2.63 bits per heavy atom. The van der Waals surface area contributed by atoms with Crippen molar-refractivity contribution in [2.24, 2.45) is 0 Å². The Kier molecular flexibility index (Phi) is 3.97. The SMILES string of the molecule is C=C(C)c1ncc(Cl)cc1NC(=O)c1ccccc1. The molecule has 0 bridgehead atoms. The van der Waals surface area contributed by atoms with E-state index < -0.39 is 0 Å².